The van der Waals surface area contributed by atoms with Crippen molar-refractivity contribution in [1.82, 2.24) is 4.90 Å². The number of piperidine rings is 1. The number of anilines is 1. The van der Waals surface area contributed by atoms with Crippen LogP contribution in [0.3, 0.4) is 0 Å². The Morgan fingerprint density at radius 2 is 1.56 bits per heavy atom. The lowest BCUT2D eigenvalue weighted by atomic mass is 9.86. The van der Waals surface area contributed by atoms with Crippen molar-refractivity contribution < 1.29 is 0 Å². The number of benzene rings is 2. The van der Waals surface area contributed by atoms with Crippen LogP contribution in [0.2, 0.25) is 0 Å². The summed E-state index contributed by atoms with van der Waals surface area (Å²) >= 11 is 0. The average molecular weight is 363 g/mol. The van der Waals surface area contributed by atoms with Gasteiger partial charge in [-0.2, -0.15) is 0 Å². The Kier molecular flexibility index (Phi) is 5.83. The van der Waals surface area contributed by atoms with Crippen LogP contribution in [0, 0.1) is 0 Å². The maximum atomic E-state index is 2.71. The van der Waals surface area contributed by atoms with Crippen molar-refractivity contribution >= 4 is 5.69 Å². The van der Waals surface area contributed by atoms with E-state index >= 15 is 0 Å². The lowest BCUT2D eigenvalue weighted by Crippen LogP contribution is -2.38. The number of fused-ring (bicyclic) bond motifs is 1. The second kappa shape index (κ2) is 8.48. The van der Waals surface area contributed by atoms with E-state index in [2.05, 4.69) is 78.2 Å². The average Bonchev–Trinajstić information content (AvgIpc) is 2.73. The second-order valence-electron chi connectivity index (χ2n) is 8.65. The van der Waals surface area contributed by atoms with Gasteiger partial charge in [-0.25, -0.2) is 0 Å². The number of para-hydroxylation sites is 1. The van der Waals surface area contributed by atoms with Crippen molar-refractivity contribution in [2.45, 2.75) is 57.4 Å². The summed E-state index contributed by atoms with van der Waals surface area (Å²) in [5.74, 6) is 1.49. The van der Waals surface area contributed by atoms with Crippen LogP contribution >= 0.6 is 0 Å². The predicted molar refractivity (Wildman–Crippen MR) is 116 cm³/mol. The molecule has 1 fully saturated rings. The van der Waals surface area contributed by atoms with E-state index in [4.69, 9.17) is 0 Å². The van der Waals surface area contributed by atoms with Crippen molar-refractivity contribution in [2.24, 2.45) is 0 Å². The van der Waals surface area contributed by atoms with Gasteiger partial charge >= 0.3 is 0 Å². The highest BCUT2D eigenvalue weighted by atomic mass is 15.2. The number of hydrogen-bond donors (Lipinski definition) is 0. The van der Waals surface area contributed by atoms with Gasteiger partial charge in [0.1, 0.15) is 0 Å². The van der Waals surface area contributed by atoms with Crippen molar-refractivity contribution in [3.05, 3.63) is 65.7 Å². The standard InChI is InChI=1S/C25H34N2/c1-20(2)27-19-15-23(24-10-6-7-11-25(24)27)14-18-26-16-12-22(13-17-26)21-8-4-3-5-9-21/h3-11,20,22-23H,12-19H2,1-2H3. The van der Waals surface area contributed by atoms with E-state index in [9.17, 15) is 0 Å². The smallest absolute Gasteiger partial charge is 0.0403 e. The first-order valence-corrected chi connectivity index (χ1v) is 10.8. The van der Waals surface area contributed by atoms with Gasteiger partial charge in [0.2, 0.25) is 0 Å². The molecule has 0 radical (unpaired) electrons. The van der Waals surface area contributed by atoms with Gasteiger partial charge in [0, 0.05) is 18.3 Å². The van der Waals surface area contributed by atoms with Crippen molar-refractivity contribution in [1.29, 1.82) is 0 Å². The summed E-state index contributed by atoms with van der Waals surface area (Å²) < 4.78 is 0. The monoisotopic (exact) mass is 362 g/mol. The molecule has 2 nitrogen and oxygen atoms in total. The first-order chi connectivity index (χ1) is 13.2. The minimum atomic E-state index is 0.587. The van der Waals surface area contributed by atoms with E-state index in [0.29, 0.717) is 6.04 Å². The Labute approximate surface area is 165 Å². The van der Waals surface area contributed by atoms with Gasteiger partial charge < -0.3 is 9.80 Å². The molecule has 2 heteroatoms. The van der Waals surface area contributed by atoms with Gasteiger partial charge in [-0.1, -0.05) is 48.5 Å². The lowest BCUT2D eigenvalue weighted by Gasteiger charge is -2.39. The van der Waals surface area contributed by atoms with Crippen LogP contribution < -0.4 is 4.90 Å². The summed E-state index contributed by atoms with van der Waals surface area (Å²) in [6.45, 7) is 9.59. The van der Waals surface area contributed by atoms with Crippen LogP contribution in [-0.4, -0.2) is 37.1 Å². The summed E-state index contributed by atoms with van der Waals surface area (Å²) in [6, 6.07) is 20.8. The zero-order valence-corrected chi connectivity index (χ0v) is 17.0. The molecule has 0 N–H and O–H groups in total. The topological polar surface area (TPSA) is 6.48 Å². The molecular formula is C25H34N2. The minimum Gasteiger partial charge on any atom is -0.369 e. The maximum Gasteiger partial charge on any atom is 0.0403 e. The zero-order valence-electron chi connectivity index (χ0n) is 17.0. The molecule has 0 spiro atoms. The van der Waals surface area contributed by atoms with Crippen LogP contribution in [-0.2, 0) is 0 Å². The predicted octanol–water partition coefficient (Wildman–Crippen LogP) is 5.66. The van der Waals surface area contributed by atoms with E-state index in [1.807, 2.05) is 0 Å². The Balaban J connectivity index is 1.33. The molecule has 2 heterocycles. The molecule has 1 atom stereocenters. The molecule has 2 aliphatic heterocycles. The molecule has 0 amide bonds. The third-order valence-electron chi connectivity index (χ3n) is 6.68. The van der Waals surface area contributed by atoms with Gasteiger partial charge in [-0.3, -0.25) is 0 Å². The SMILES string of the molecule is CC(C)N1CCC(CCN2CCC(c3ccccc3)CC2)c2ccccc21. The van der Waals surface area contributed by atoms with Crippen molar-refractivity contribution in [2.75, 3.05) is 31.1 Å². The fraction of sp³-hybridized carbons (Fsp3) is 0.520. The molecule has 27 heavy (non-hydrogen) atoms. The maximum absolute atomic E-state index is 2.71. The molecule has 0 aromatic heterocycles. The van der Waals surface area contributed by atoms with Crippen LogP contribution in [0.4, 0.5) is 5.69 Å². The third-order valence-corrected chi connectivity index (χ3v) is 6.68. The highest BCUT2D eigenvalue weighted by Gasteiger charge is 2.27. The largest absolute Gasteiger partial charge is 0.369 e. The van der Waals surface area contributed by atoms with Gasteiger partial charge in [0.05, 0.1) is 0 Å². The van der Waals surface area contributed by atoms with Crippen LogP contribution in [0.5, 0.6) is 0 Å². The highest BCUT2D eigenvalue weighted by Crippen LogP contribution is 2.38. The molecule has 4 rings (SSSR count). The molecule has 144 valence electrons. The van der Waals surface area contributed by atoms with E-state index in [0.717, 1.165) is 11.8 Å². The number of nitrogens with zero attached hydrogens (tertiary/aromatic N) is 2. The van der Waals surface area contributed by atoms with Gasteiger partial charge in [-0.15, -0.1) is 0 Å². The molecule has 0 aliphatic carbocycles. The second-order valence-corrected chi connectivity index (χ2v) is 8.65. The van der Waals surface area contributed by atoms with Gasteiger partial charge in [0.15, 0.2) is 0 Å². The number of hydrogen-bond acceptors (Lipinski definition) is 2. The highest BCUT2D eigenvalue weighted by molar-refractivity contribution is 5.57. The molecule has 2 aromatic carbocycles. The molecule has 1 saturated heterocycles. The summed E-state index contributed by atoms with van der Waals surface area (Å²) in [5.41, 5.74) is 4.59. The van der Waals surface area contributed by atoms with Gasteiger partial charge in [0.25, 0.3) is 0 Å². The van der Waals surface area contributed by atoms with E-state index in [-0.39, 0.29) is 0 Å². The first-order valence-electron chi connectivity index (χ1n) is 10.8. The fourth-order valence-electron chi connectivity index (χ4n) is 5.05. The fourth-order valence-corrected chi connectivity index (χ4v) is 5.05. The molecular weight excluding hydrogens is 328 g/mol. The van der Waals surface area contributed by atoms with E-state index in [1.54, 1.807) is 5.56 Å². The summed E-state index contributed by atoms with van der Waals surface area (Å²) in [7, 11) is 0. The molecule has 0 saturated carbocycles. The molecule has 2 aromatic rings. The molecule has 0 bridgehead atoms. The normalized spacial score (nSPS) is 21.4. The Bertz CT molecular complexity index is 716. The Morgan fingerprint density at radius 3 is 2.30 bits per heavy atom. The Hall–Kier alpha value is -1.80. The zero-order chi connectivity index (χ0) is 18.6. The van der Waals surface area contributed by atoms with Crippen molar-refractivity contribution in [3.63, 3.8) is 0 Å². The summed E-state index contributed by atoms with van der Waals surface area (Å²) in [5, 5.41) is 0. The first kappa shape index (κ1) is 18.6. The van der Waals surface area contributed by atoms with E-state index in [1.165, 1.54) is 63.1 Å². The van der Waals surface area contributed by atoms with Crippen molar-refractivity contribution in [3.8, 4) is 0 Å². The number of likely N-dealkylation sites (tertiary alicyclic amines) is 1. The van der Waals surface area contributed by atoms with Crippen LogP contribution in [0.15, 0.2) is 54.6 Å². The Morgan fingerprint density at radius 1 is 0.852 bits per heavy atom. The minimum absolute atomic E-state index is 0.587. The third kappa shape index (κ3) is 4.21. The van der Waals surface area contributed by atoms with Gasteiger partial charge in [-0.05, 0) is 88.2 Å². The van der Waals surface area contributed by atoms with E-state index < -0.39 is 0 Å². The van der Waals surface area contributed by atoms with Crippen LogP contribution in [0.1, 0.15) is 62.5 Å². The number of rotatable bonds is 5. The lowest BCUT2D eigenvalue weighted by molar-refractivity contribution is 0.204. The quantitative estimate of drug-likeness (QED) is 0.677. The summed E-state index contributed by atoms with van der Waals surface area (Å²) in [6.07, 6.45) is 5.23. The molecule has 1 unspecified atom stereocenters. The molecule has 2 aliphatic rings. The van der Waals surface area contributed by atoms with Crippen LogP contribution in [0.25, 0.3) is 0 Å². The summed E-state index contributed by atoms with van der Waals surface area (Å²) in [4.78, 5) is 5.29.